The third-order valence-electron chi connectivity index (χ3n) is 4.56. The van der Waals surface area contributed by atoms with Crippen LogP contribution in [-0.4, -0.2) is 50.3 Å². The molecule has 0 bridgehead atoms. The van der Waals surface area contributed by atoms with E-state index in [9.17, 15) is 23.1 Å². The first-order chi connectivity index (χ1) is 11.3. The molecule has 24 heavy (non-hydrogen) atoms. The fourth-order valence-electron chi connectivity index (χ4n) is 2.97. The van der Waals surface area contributed by atoms with Crippen molar-refractivity contribution >= 4 is 16.9 Å². The number of aryl methyl sites for hydroxylation is 1. The molecule has 5 nitrogen and oxygen atoms in total. The third-order valence-corrected chi connectivity index (χ3v) is 4.56. The summed E-state index contributed by atoms with van der Waals surface area (Å²) in [6, 6.07) is 7.53. The average molecular weight is 341 g/mol. The van der Waals surface area contributed by atoms with Gasteiger partial charge in [-0.1, -0.05) is 12.1 Å². The van der Waals surface area contributed by atoms with Gasteiger partial charge in [0, 0.05) is 38.9 Å². The molecule has 2 aromatic rings. The van der Waals surface area contributed by atoms with Gasteiger partial charge >= 0.3 is 6.18 Å². The van der Waals surface area contributed by atoms with Crippen molar-refractivity contribution in [1.29, 1.82) is 0 Å². The number of carbonyl (C=O) groups excluding carboxylic acids is 1. The van der Waals surface area contributed by atoms with Crippen LogP contribution in [0.2, 0.25) is 0 Å². The minimum Gasteiger partial charge on any atom is -0.380 e. The Kier molecular flexibility index (Phi) is 4.25. The van der Waals surface area contributed by atoms with E-state index in [1.165, 1.54) is 4.90 Å². The van der Waals surface area contributed by atoms with Gasteiger partial charge in [-0.3, -0.25) is 4.79 Å². The standard InChI is InChI=1S/C16H18F3N3O2/c17-16(18,19)15(24)6-9-21(10-7-15)14(23)5-8-22-11-20-12-3-1-2-4-13(12)22/h1-4,11,24H,5-10H2. The van der Waals surface area contributed by atoms with Crippen LogP contribution in [0.15, 0.2) is 30.6 Å². The van der Waals surface area contributed by atoms with E-state index >= 15 is 0 Å². The Morgan fingerprint density at radius 1 is 1.25 bits per heavy atom. The van der Waals surface area contributed by atoms with Crippen molar-refractivity contribution in [2.45, 2.75) is 37.6 Å². The molecule has 1 aliphatic heterocycles. The van der Waals surface area contributed by atoms with Crippen molar-refractivity contribution in [2.24, 2.45) is 0 Å². The van der Waals surface area contributed by atoms with Gasteiger partial charge in [0.05, 0.1) is 17.4 Å². The van der Waals surface area contributed by atoms with Crippen LogP contribution in [0.3, 0.4) is 0 Å². The number of aromatic nitrogens is 2. The Bertz CT molecular complexity index is 733. The monoisotopic (exact) mass is 341 g/mol. The number of fused-ring (bicyclic) bond motifs is 1. The lowest BCUT2D eigenvalue weighted by molar-refractivity contribution is -0.272. The van der Waals surface area contributed by atoms with E-state index in [-0.39, 0.29) is 25.4 Å². The summed E-state index contributed by atoms with van der Waals surface area (Å²) >= 11 is 0. The molecule has 2 heterocycles. The molecule has 1 aromatic heterocycles. The van der Waals surface area contributed by atoms with Crippen LogP contribution in [0.1, 0.15) is 19.3 Å². The maximum Gasteiger partial charge on any atom is 0.417 e. The molecule has 1 aromatic carbocycles. The maximum absolute atomic E-state index is 12.8. The summed E-state index contributed by atoms with van der Waals surface area (Å²) in [5, 5.41) is 9.63. The summed E-state index contributed by atoms with van der Waals surface area (Å²) in [6.07, 6.45) is -3.77. The van der Waals surface area contributed by atoms with Gasteiger partial charge < -0.3 is 14.6 Å². The number of halogens is 3. The predicted octanol–water partition coefficient (Wildman–Crippen LogP) is 2.34. The van der Waals surface area contributed by atoms with Crippen molar-refractivity contribution in [3.05, 3.63) is 30.6 Å². The number of alkyl halides is 3. The largest absolute Gasteiger partial charge is 0.417 e. The molecule has 0 unspecified atom stereocenters. The van der Waals surface area contributed by atoms with Crippen LogP contribution < -0.4 is 0 Å². The van der Waals surface area contributed by atoms with Gasteiger partial charge in [-0.2, -0.15) is 13.2 Å². The molecule has 0 saturated carbocycles. The molecule has 0 radical (unpaired) electrons. The van der Waals surface area contributed by atoms with Gasteiger partial charge in [-0.05, 0) is 12.1 Å². The minimum absolute atomic E-state index is 0.0838. The van der Waals surface area contributed by atoms with Crippen molar-refractivity contribution in [1.82, 2.24) is 14.5 Å². The summed E-state index contributed by atoms with van der Waals surface area (Å²) in [5.74, 6) is -0.211. The van der Waals surface area contributed by atoms with Gasteiger partial charge in [0.25, 0.3) is 0 Å². The molecule has 130 valence electrons. The van der Waals surface area contributed by atoms with E-state index in [0.29, 0.717) is 6.54 Å². The Morgan fingerprint density at radius 3 is 2.58 bits per heavy atom. The molecular weight excluding hydrogens is 323 g/mol. The van der Waals surface area contributed by atoms with Crippen LogP contribution >= 0.6 is 0 Å². The van der Waals surface area contributed by atoms with Crippen molar-refractivity contribution in [3.63, 3.8) is 0 Å². The van der Waals surface area contributed by atoms with Gasteiger partial charge in [0.1, 0.15) is 0 Å². The number of para-hydroxylation sites is 2. The second-order valence-corrected chi connectivity index (χ2v) is 6.09. The second-order valence-electron chi connectivity index (χ2n) is 6.09. The van der Waals surface area contributed by atoms with Gasteiger partial charge in [-0.15, -0.1) is 0 Å². The first kappa shape index (κ1) is 16.8. The molecule has 3 rings (SSSR count). The number of hydrogen-bond acceptors (Lipinski definition) is 3. The quantitative estimate of drug-likeness (QED) is 0.932. The number of hydrogen-bond donors (Lipinski definition) is 1. The molecule has 1 amide bonds. The molecule has 1 fully saturated rings. The van der Waals surface area contributed by atoms with Crippen LogP contribution in [0, 0.1) is 0 Å². The first-order valence-electron chi connectivity index (χ1n) is 7.77. The fourth-order valence-corrected chi connectivity index (χ4v) is 2.97. The van der Waals surface area contributed by atoms with Crippen LogP contribution in [0.4, 0.5) is 13.2 Å². The Balaban J connectivity index is 1.57. The van der Waals surface area contributed by atoms with Crippen LogP contribution in [-0.2, 0) is 11.3 Å². The van der Waals surface area contributed by atoms with Crippen molar-refractivity contribution in [2.75, 3.05) is 13.1 Å². The lowest BCUT2D eigenvalue weighted by atomic mass is 9.90. The first-order valence-corrected chi connectivity index (χ1v) is 7.77. The SMILES string of the molecule is O=C(CCn1cnc2ccccc21)N1CCC(O)(C(F)(F)F)CC1. The van der Waals surface area contributed by atoms with E-state index < -0.39 is 24.6 Å². The molecule has 1 saturated heterocycles. The number of imidazole rings is 1. The van der Waals surface area contributed by atoms with Gasteiger partial charge in [-0.25, -0.2) is 4.98 Å². The summed E-state index contributed by atoms with van der Waals surface area (Å²) in [6.45, 7) is 0.248. The fraction of sp³-hybridized carbons (Fsp3) is 0.500. The normalized spacial score (nSPS) is 18.1. The van der Waals surface area contributed by atoms with Crippen molar-refractivity contribution < 1.29 is 23.1 Å². The maximum atomic E-state index is 12.8. The number of likely N-dealkylation sites (tertiary alicyclic amines) is 1. The predicted molar refractivity (Wildman–Crippen MR) is 81.2 cm³/mol. The number of piperidine rings is 1. The smallest absolute Gasteiger partial charge is 0.380 e. The number of rotatable bonds is 3. The Hall–Kier alpha value is -2.09. The Labute approximate surface area is 136 Å². The summed E-state index contributed by atoms with van der Waals surface area (Å²) in [4.78, 5) is 17.8. The van der Waals surface area contributed by atoms with E-state index in [1.54, 1.807) is 6.33 Å². The van der Waals surface area contributed by atoms with E-state index in [2.05, 4.69) is 4.98 Å². The summed E-state index contributed by atoms with van der Waals surface area (Å²) in [7, 11) is 0. The molecular formula is C16H18F3N3O2. The highest BCUT2D eigenvalue weighted by Crippen LogP contribution is 2.38. The number of nitrogens with zero attached hydrogens (tertiary/aromatic N) is 3. The van der Waals surface area contributed by atoms with Crippen molar-refractivity contribution in [3.8, 4) is 0 Å². The molecule has 1 aliphatic rings. The summed E-state index contributed by atoms with van der Waals surface area (Å²) < 4.78 is 40.2. The van der Waals surface area contributed by atoms with Gasteiger partial charge in [0.2, 0.25) is 5.91 Å². The topological polar surface area (TPSA) is 58.4 Å². The minimum atomic E-state index is -4.65. The lowest BCUT2D eigenvalue weighted by Crippen LogP contribution is -2.54. The zero-order valence-corrected chi connectivity index (χ0v) is 13.0. The number of carbonyl (C=O) groups is 1. The highest BCUT2D eigenvalue weighted by atomic mass is 19.4. The van der Waals surface area contributed by atoms with Crippen LogP contribution in [0.25, 0.3) is 11.0 Å². The highest BCUT2D eigenvalue weighted by molar-refractivity contribution is 5.77. The lowest BCUT2D eigenvalue weighted by Gasteiger charge is -2.39. The number of benzene rings is 1. The van der Waals surface area contributed by atoms with E-state index in [4.69, 9.17) is 0 Å². The second kappa shape index (κ2) is 6.08. The average Bonchev–Trinajstić information content (AvgIpc) is 2.95. The highest BCUT2D eigenvalue weighted by Gasteiger charge is 2.54. The van der Waals surface area contributed by atoms with E-state index in [0.717, 1.165) is 11.0 Å². The number of amides is 1. The van der Waals surface area contributed by atoms with Gasteiger partial charge in [0.15, 0.2) is 5.60 Å². The molecule has 1 N–H and O–H groups in total. The molecule has 0 atom stereocenters. The zero-order chi connectivity index (χ0) is 17.4. The molecule has 8 heteroatoms. The Morgan fingerprint density at radius 2 is 1.92 bits per heavy atom. The molecule has 0 aliphatic carbocycles. The third kappa shape index (κ3) is 3.10. The molecule has 0 spiro atoms. The zero-order valence-electron chi connectivity index (χ0n) is 13.0. The summed E-state index contributed by atoms with van der Waals surface area (Å²) in [5.41, 5.74) is -0.932. The van der Waals surface area contributed by atoms with E-state index in [1.807, 2.05) is 28.8 Å². The van der Waals surface area contributed by atoms with Crippen LogP contribution in [0.5, 0.6) is 0 Å². The number of aliphatic hydroxyl groups is 1.